The second kappa shape index (κ2) is 12.8. The van der Waals surface area contributed by atoms with Gasteiger partial charge in [0, 0.05) is 31.9 Å². The van der Waals surface area contributed by atoms with Crippen molar-refractivity contribution in [3.8, 4) is 0 Å². The van der Waals surface area contributed by atoms with Gasteiger partial charge in [-0.05, 0) is 37.1 Å². The van der Waals surface area contributed by atoms with Crippen molar-refractivity contribution in [2.75, 3.05) is 24.3 Å². The molecule has 0 saturated heterocycles. The Bertz CT molecular complexity index is 1200. The highest BCUT2D eigenvalue weighted by molar-refractivity contribution is 5.96. The number of rotatable bonds is 12. The van der Waals surface area contributed by atoms with E-state index in [2.05, 4.69) is 20.9 Å². The Morgan fingerprint density at radius 2 is 1.78 bits per heavy atom. The number of hydrogen-bond acceptors (Lipinski definition) is 6. The zero-order valence-corrected chi connectivity index (χ0v) is 21.4. The molecule has 1 heterocycles. The lowest BCUT2D eigenvalue weighted by Crippen LogP contribution is -2.44. The lowest BCUT2D eigenvalue weighted by atomic mass is 9.91. The van der Waals surface area contributed by atoms with E-state index in [-0.39, 0.29) is 30.7 Å². The van der Waals surface area contributed by atoms with Gasteiger partial charge >= 0.3 is 6.03 Å². The van der Waals surface area contributed by atoms with E-state index in [1.54, 1.807) is 39.5 Å². The van der Waals surface area contributed by atoms with E-state index >= 15 is 0 Å². The van der Waals surface area contributed by atoms with Crippen molar-refractivity contribution < 1.29 is 19.1 Å². The van der Waals surface area contributed by atoms with Crippen LogP contribution in [-0.2, 0) is 27.5 Å². The fraction of sp³-hybridized carbons (Fsp3) is 0.333. The number of anilines is 2. The van der Waals surface area contributed by atoms with Crippen molar-refractivity contribution in [2.24, 2.45) is 11.7 Å². The Hall–Kier alpha value is -4.02. The summed E-state index contributed by atoms with van der Waals surface area (Å²) in [7, 11) is 1.55. The van der Waals surface area contributed by atoms with E-state index in [9.17, 15) is 14.4 Å². The van der Waals surface area contributed by atoms with Crippen LogP contribution in [0.5, 0.6) is 0 Å². The van der Waals surface area contributed by atoms with Crippen molar-refractivity contribution in [1.82, 2.24) is 14.9 Å². The minimum atomic E-state index is -1.05. The van der Waals surface area contributed by atoms with E-state index in [1.165, 1.54) is 0 Å². The van der Waals surface area contributed by atoms with Gasteiger partial charge < -0.3 is 31.0 Å². The molecule has 10 nitrogen and oxygen atoms in total. The number of carbonyl (C=O) groups excluding carboxylic acids is 3. The maximum atomic E-state index is 13.1. The summed E-state index contributed by atoms with van der Waals surface area (Å²) in [5, 5.41) is 8.04. The predicted molar refractivity (Wildman–Crippen MR) is 142 cm³/mol. The Kier molecular flexibility index (Phi) is 9.53. The number of Topliss-reactive ketones (excluding diaryl/α,β-unsaturated/α-hetero) is 1. The predicted octanol–water partition coefficient (Wildman–Crippen LogP) is 3.15. The fourth-order valence-electron chi connectivity index (χ4n) is 3.50. The van der Waals surface area contributed by atoms with Gasteiger partial charge in [-0.2, -0.15) is 0 Å². The first kappa shape index (κ1) is 27.6. The molecule has 0 bridgehead atoms. The largest absolute Gasteiger partial charge is 0.376 e. The molecule has 0 unspecified atom stereocenters. The molecule has 196 valence electrons. The van der Waals surface area contributed by atoms with Gasteiger partial charge in [-0.1, -0.05) is 42.5 Å². The molecule has 0 radical (unpaired) electrons. The maximum Gasteiger partial charge on any atom is 0.318 e. The van der Waals surface area contributed by atoms with Crippen LogP contribution in [0.2, 0.25) is 0 Å². The van der Waals surface area contributed by atoms with E-state index in [4.69, 9.17) is 10.5 Å². The van der Waals surface area contributed by atoms with Crippen LogP contribution in [-0.4, -0.2) is 46.5 Å². The number of amides is 3. The summed E-state index contributed by atoms with van der Waals surface area (Å²) in [4.78, 5) is 41.5. The Morgan fingerprint density at radius 1 is 1.05 bits per heavy atom. The SMILES string of the molecule is CNC(=O)Nc1cccc(Cn2cnc(NC(=O)[C@@H](COCc3ccccc3)CC(=O)C(C)(C)N)c2)c1. The summed E-state index contributed by atoms with van der Waals surface area (Å²) < 4.78 is 7.58. The number of ketones is 1. The van der Waals surface area contributed by atoms with E-state index in [1.807, 2.05) is 53.1 Å². The van der Waals surface area contributed by atoms with Crippen LogP contribution in [0.15, 0.2) is 67.1 Å². The van der Waals surface area contributed by atoms with Gasteiger partial charge in [-0.3, -0.25) is 9.59 Å². The molecule has 3 rings (SSSR count). The highest BCUT2D eigenvalue weighted by Gasteiger charge is 2.29. The molecule has 37 heavy (non-hydrogen) atoms. The van der Waals surface area contributed by atoms with Gasteiger partial charge in [-0.25, -0.2) is 9.78 Å². The molecule has 3 amide bonds. The number of benzene rings is 2. The summed E-state index contributed by atoms with van der Waals surface area (Å²) in [6.07, 6.45) is 3.26. The number of nitrogens with zero attached hydrogens (tertiary/aromatic N) is 2. The number of ether oxygens (including phenoxy) is 1. The molecule has 0 aliphatic heterocycles. The van der Waals surface area contributed by atoms with Crippen LogP contribution in [0, 0.1) is 5.92 Å². The first-order chi connectivity index (χ1) is 17.6. The van der Waals surface area contributed by atoms with Crippen molar-refractivity contribution in [1.29, 1.82) is 0 Å². The van der Waals surface area contributed by atoms with Crippen molar-refractivity contribution in [3.63, 3.8) is 0 Å². The molecule has 2 aromatic carbocycles. The quantitative estimate of drug-likeness (QED) is 0.297. The average molecular weight is 507 g/mol. The number of carbonyl (C=O) groups is 3. The number of aromatic nitrogens is 2. The summed E-state index contributed by atoms with van der Waals surface area (Å²) in [5.41, 5.74) is 7.48. The maximum absolute atomic E-state index is 13.1. The molecule has 1 atom stereocenters. The molecule has 5 N–H and O–H groups in total. The topological polar surface area (TPSA) is 140 Å². The Morgan fingerprint density at radius 3 is 2.49 bits per heavy atom. The minimum absolute atomic E-state index is 0.0457. The average Bonchev–Trinajstić information content (AvgIpc) is 3.29. The molecule has 0 saturated carbocycles. The van der Waals surface area contributed by atoms with Crippen molar-refractivity contribution in [3.05, 3.63) is 78.2 Å². The lowest BCUT2D eigenvalue weighted by Gasteiger charge is -2.21. The number of nitrogens with one attached hydrogen (secondary N) is 3. The molecule has 1 aromatic heterocycles. The van der Waals surface area contributed by atoms with E-state index in [0.717, 1.165) is 11.1 Å². The Balaban J connectivity index is 1.63. The van der Waals surface area contributed by atoms with E-state index < -0.39 is 11.5 Å². The van der Waals surface area contributed by atoms with Gasteiger partial charge in [0.05, 0.1) is 31.0 Å². The molecular formula is C27H34N6O4. The second-order valence-corrected chi connectivity index (χ2v) is 9.37. The van der Waals surface area contributed by atoms with Gasteiger partial charge in [0.2, 0.25) is 5.91 Å². The third kappa shape index (κ3) is 8.85. The first-order valence-corrected chi connectivity index (χ1v) is 12.0. The van der Waals surface area contributed by atoms with Crippen LogP contribution < -0.4 is 21.7 Å². The lowest BCUT2D eigenvalue weighted by molar-refractivity contribution is -0.130. The second-order valence-electron chi connectivity index (χ2n) is 9.37. The van der Waals surface area contributed by atoms with Gasteiger partial charge in [0.25, 0.3) is 0 Å². The van der Waals surface area contributed by atoms with Crippen LogP contribution in [0.3, 0.4) is 0 Å². The zero-order valence-electron chi connectivity index (χ0n) is 21.4. The molecule has 10 heteroatoms. The number of urea groups is 1. The van der Waals surface area contributed by atoms with Crippen molar-refractivity contribution in [2.45, 2.75) is 39.0 Å². The summed E-state index contributed by atoms with van der Waals surface area (Å²) in [6.45, 7) is 4.11. The van der Waals surface area contributed by atoms with Crippen LogP contribution in [0.4, 0.5) is 16.3 Å². The summed E-state index contributed by atoms with van der Waals surface area (Å²) in [5.74, 6) is -0.965. The standard InChI is InChI=1S/C27H34N6O4/c1-27(2,28)23(34)13-21(17-37-16-19-8-5-4-6-9-19)25(35)32-24-15-33(18-30-24)14-20-10-7-11-22(12-20)31-26(36)29-3/h4-12,15,18,21H,13-14,16-17,28H2,1-3H3,(H,32,35)(H2,29,31,36)/t21-/m1/s1. The van der Waals surface area contributed by atoms with Crippen LogP contribution in [0.25, 0.3) is 0 Å². The van der Waals surface area contributed by atoms with Gasteiger partial charge in [0.15, 0.2) is 11.6 Å². The molecular weight excluding hydrogens is 472 g/mol. The number of hydrogen-bond donors (Lipinski definition) is 4. The fourth-order valence-corrected chi connectivity index (χ4v) is 3.50. The van der Waals surface area contributed by atoms with E-state index in [0.29, 0.717) is 24.7 Å². The normalized spacial score (nSPS) is 12.0. The molecule has 0 fully saturated rings. The monoisotopic (exact) mass is 506 g/mol. The zero-order chi connectivity index (χ0) is 26.8. The minimum Gasteiger partial charge on any atom is -0.376 e. The first-order valence-electron chi connectivity index (χ1n) is 12.0. The van der Waals surface area contributed by atoms with Gasteiger partial charge in [-0.15, -0.1) is 0 Å². The van der Waals surface area contributed by atoms with Crippen LogP contribution in [0.1, 0.15) is 31.4 Å². The molecule has 0 aliphatic carbocycles. The molecule has 0 aliphatic rings. The highest BCUT2D eigenvalue weighted by Crippen LogP contribution is 2.17. The third-order valence-electron chi connectivity index (χ3n) is 5.61. The molecule has 3 aromatic rings. The smallest absolute Gasteiger partial charge is 0.318 e. The highest BCUT2D eigenvalue weighted by atomic mass is 16.5. The van der Waals surface area contributed by atoms with Crippen LogP contribution >= 0.6 is 0 Å². The summed E-state index contributed by atoms with van der Waals surface area (Å²) in [6, 6.07) is 16.7. The van der Waals surface area contributed by atoms with Crippen molar-refractivity contribution >= 4 is 29.2 Å². The summed E-state index contributed by atoms with van der Waals surface area (Å²) >= 11 is 0. The Labute approximate surface area is 216 Å². The molecule has 0 spiro atoms. The number of imidazole rings is 1. The third-order valence-corrected chi connectivity index (χ3v) is 5.61. The van der Waals surface area contributed by atoms with Gasteiger partial charge in [0.1, 0.15) is 0 Å². The number of nitrogens with two attached hydrogens (primary N) is 1.